The van der Waals surface area contributed by atoms with Gasteiger partial charge in [-0.05, 0) is 20.8 Å². The fourth-order valence-electron chi connectivity index (χ4n) is 1.19. The van der Waals surface area contributed by atoms with Crippen LogP contribution in [0.25, 0.3) is 0 Å². The highest BCUT2D eigenvalue weighted by molar-refractivity contribution is 5.28. The molecule has 0 amide bonds. The maximum absolute atomic E-state index is 8.77. The van der Waals surface area contributed by atoms with E-state index in [4.69, 9.17) is 9.84 Å². The van der Waals surface area contributed by atoms with Crippen LogP contribution in [0.4, 0.5) is 0 Å². The monoisotopic (exact) mass is 244 g/mol. The van der Waals surface area contributed by atoms with E-state index >= 15 is 0 Å². The first kappa shape index (κ1) is 18.3. The van der Waals surface area contributed by atoms with E-state index < -0.39 is 0 Å². The number of hydrogen-bond acceptors (Lipinski definition) is 3. The van der Waals surface area contributed by atoms with E-state index in [0.29, 0.717) is 19.0 Å². The number of aromatic nitrogens is 2. The number of aliphatic hydroxyl groups excluding tert-OH is 1. The average Bonchev–Trinajstić information content (AvgIpc) is 2.64. The Bertz CT molecular complexity index is 257. The van der Waals surface area contributed by atoms with Gasteiger partial charge in [0.05, 0.1) is 19.8 Å². The maximum Gasteiger partial charge on any atom is 0.235 e. The molecule has 1 N–H and O–H groups in total. The Balaban J connectivity index is 0. The van der Waals surface area contributed by atoms with Crippen LogP contribution in [0.15, 0.2) is 0 Å². The largest absolute Gasteiger partial charge is 0.477 e. The van der Waals surface area contributed by atoms with Crippen LogP contribution in [-0.4, -0.2) is 28.1 Å². The first-order valence-corrected chi connectivity index (χ1v) is 6.48. The van der Waals surface area contributed by atoms with Crippen molar-refractivity contribution < 1.29 is 9.84 Å². The molecule has 1 rings (SSSR count). The Kier molecular flexibility index (Phi) is 12.4. The molecule has 0 atom stereocenters. The van der Waals surface area contributed by atoms with Gasteiger partial charge >= 0.3 is 0 Å². The highest BCUT2D eigenvalue weighted by atomic mass is 16.5. The molecule has 1 heterocycles. The predicted molar refractivity (Wildman–Crippen MR) is 72.7 cm³/mol. The third-order valence-corrected chi connectivity index (χ3v) is 2.06. The molecule has 0 radical (unpaired) electrons. The highest BCUT2D eigenvalue weighted by Crippen LogP contribution is 2.19. The van der Waals surface area contributed by atoms with Gasteiger partial charge in [0.15, 0.2) is 0 Å². The molecular formula is C13H28N2O2. The SMILES string of the molecule is CC.CC.CCOc1nn(CCO)c(C)c1C. The van der Waals surface area contributed by atoms with Crippen molar-refractivity contribution in [2.75, 3.05) is 13.2 Å². The van der Waals surface area contributed by atoms with Gasteiger partial charge in [-0.2, -0.15) is 0 Å². The van der Waals surface area contributed by atoms with Crippen LogP contribution in [0.1, 0.15) is 45.9 Å². The molecule has 1 aromatic heterocycles. The number of rotatable bonds is 4. The molecule has 0 aliphatic rings. The fraction of sp³-hybridized carbons (Fsp3) is 0.769. The summed E-state index contributed by atoms with van der Waals surface area (Å²) in [6.07, 6.45) is 0. The van der Waals surface area contributed by atoms with Gasteiger partial charge in [-0.1, -0.05) is 27.7 Å². The Morgan fingerprint density at radius 2 is 1.71 bits per heavy atom. The van der Waals surface area contributed by atoms with Gasteiger partial charge in [-0.25, -0.2) is 0 Å². The normalized spacial score (nSPS) is 8.71. The predicted octanol–water partition coefficient (Wildman–Crippen LogP) is 2.94. The summed E-state index contributed by atoms with van der Waals surface area (Å²) in [5.41, 5.74) is 2.10. The molecular weight excluding hydrogens is 216 g/mol. The number of ether oxygens (including phenoxy) is 1. The summed E-state index contributed by atoms with van der Waals surface area (Å²) < 4.78 is 7.10. The summed E-state index contributed by atoms with van der Waals surface area (Å²) in [5.74, 6) is 0.674. The smallest absolute Gasteiger partial charge is 0.235 e. The van der Waals surface area contributed by atoms with Gasteiger partial charge in [0, 0.05) is 11.3 Å². The second-order valence-electron chi connectivity index (χ2n) is 2.90. The van der Waals surface area contributed by atoms with Gasteiger partial charge in [0.1, 0.15) is 0 Å². The van der Waals surface area contributed by atoms with E-state index in [9.17, 15) is 0 Å². The lowest BCUT2D eigenvalue weighted by Crippen LogP contribution is -2.06. The standard InChI is InChI=1S/C9H16N2O2.2C2H6/c1-4-13-9-7(2)8(3)11(10-9)5-6-12;2*1-2/h12H,4-6H2,1-3H3;2*1-2H3. The van der Waals surface area contributed by atoms with Crippen LogP contribution < -0.4 is 4.74 Å². The molecule has 1 aromatic rings. The summed E-state index contributed by atoms with van der Waals surface area (Å²) in [5, 5.41) is 13.0. The minimum Gasteiger partial charge on any atom is -0.477 e. The molecule has 0 fully saturated rings. The molecule has 102 valence electrons. The van der Waals surface area contributed by atoms with Gasteiger partial charge in [-0.15, -0.1) is 5.10 Å². The van der Waals surface area contributed by atoms with E-state index in [1.165, 1.54) is 0 Å². The lowest BCUT2D eigenvalue weighted by molar-refractivity contribution is 0.263. The summed E-state index contributed by atoms with van der Waals surface area (Å²) in [6.45, 7) is 15.1. The fourth-order valence-corrected chi connectivity index (χ4v) is 1.19. The zero-order chi connectivity index (χ0) is 13.8. The maximum atomic E-state index is 8.77. The summed E-state index contributed by atoms with van der Waals surface area (Å²) in [6, 6.07) is 0. The lowest BCUT2D eigenvalue weighted by Gasteiger charge is -1.99. The first-order chi connectivity index (χ1) is 8.20. The van der Waals surface area contributed by atoms with Crippen LogP contribution in [0, 0.1) is 13.8 Å². The molecule has 0 saturated carbocycles. The minimum atomic E-state index is 0.105. The number of nitrogens with zero attached hydrogens (tertiary/aromatic N) is 2. The van der Waals surface area contributed by atoms with E-state index in [0.717, 1.165) is 11.3 Å². The second kappa shape index (κ2) is 11.5. The van der Waals surface area contributed by atoms with Gasteiger partial charge in [0.25, 0.3) is 0 Å². The van der Waals surface area contributed by atoms with E-state index in [-0.39, 0.29) is 6.61 Å². The van der Waals surface area contributed by atoms with E-state index in [1.54, 1.807) is 4.68 Å². The van der Waals surface area contributed by atoms with Crippen LogP contribution in [0.2, 0.25) is 0 Å². The van der Waals surface area contributed by atoms with Crippen LogP contribution in [0.5, 0.6) is 5.88 Å². The highest BCUT2D eigenvalue weighted by Gasteiger charge is 2.10. The Labute approximate surface area is 106 Å². The van der Waals surface area contributed by atoms with Crippen LogP contribution in [-0.2, 0) is 6.54 Å². The van der Waals surface area contributed by atoms with Crippen molar-refractivity contribution in [3.8, 4) is 5.88 Å². The molecule has 4 nitrogen and oxygen atoms in total. The zero-order valence-electron chi connectivity index (χ0n) is 12.4. The average molecular weight is 244 g/mol. The summed E-state index contributed by atoms with van der Waals surface area (Å²) >= 11 is 0. The van der Waals surface area contributed by atoms with Gasteiger partial charge in [0.2, 0.25) is 5.88 Å². The van der Waals surface area contributed by atoms with Crippen molar-refractivity contribution >= 4 is 0 Å². The Morgan fingerprint density at radius 3 is 2.12 bits per heavy atom. The third kappa shape index (κ3) is 5.73. The number of hydrogen-bond donors (Lipinski definition) is 1. The summed E-state index contributed by atoms with van der Waals surface area (Å²) in [4.78, 5) is 0. The first-order valence-electron chi connectivity index (χ1n) is 6.48. The Hall–Kier alpha value is -1.03. The van der Waals surface area contributed by atoms with E-state index in [2.05, 4.69) is 5.10 Å². The quantitative estimate of drug-likeness (QED) is 0.885. The van der Waals surface area contributed by atoms with Crippen molar-refractivity contribution in [2.45, 2.75) is 55.0 Å². The topological polar surface area (TPSA) is 47.3 Å². The van der Waals surface area contributed by atoms with Crippen molar-refractivity contribution in [1.82, 2.24) is 9.78 Å². The second-order valence-corrected chi connectivity index (χ2v) is 2.90. The van der Waals surface area contributed by atoms with Crippen molar-refractivity contribution in [2.24, 2.45) is 0 Å². The van der Waals surface area contributed by atoms with Crippen molar-refractivity contribution in [3.05, 3.63) is 11.3 Å². The lowest BCUT2D eigenvalue weighted by atomic mass is 10.3. The van der Waals surface area contributed by atoms with Crippen LogP contribution >= 0.6 is 0 Å². The van der Waals surface area contributed by atoms with Crippen LogP contribution in [0.3, 0.4) is 0 Å². The molecule has 0 aromatic carbocycles. The van der Waals surface area contributed by atoms with Gasteiger partial charge < -0.3 is 9.84 Å². The van der Waals surface area contributed by atoms with Crippen molar-refractivity contribution in [1.29, 1.82) is 0 Å². The molecule has 0 aliphatic heterocycles. The molecule has 17 heavy (non-hydrogen) atoms. The molecule has 4 heteroatoms. The summed E-state index contributed by atoms with van der Waals surface area (Å²) in [7, 11) is 0. The van der Waals surface area contributed by atoms with Crippen molar-refractivity contribution in [3.63, 3.8) is 0 Å². The molecule has 0 bridgehead atoms. The minimum absolute atomic E-state index is 0.105. The molecule has 0 spiro atoms. The zero-order valence-corrected chi connectivity index (χ0v) is 12.4. The number of aliphatic hydroxyl groups is 1. The molecule has 0 saturated heterocycles. The molecule has 0 aliphatic carbocycles. The van der Waals surface area contributed by atoms with Gasteiger partial charge in [-0.3, -0.25) is 4.68 Å². The molecule has 0 unspecified atom stereocenters. The van der Waals surface area contributed by atoms with E-state index in [1.807, 2.05) is 48.5 Å². The Morgan fingerprint density at radius 1 is 1.18 bits per heavy atom. The third-order valence-electron chi connectivity index (χ3n) is 2.06.